The standard InChI is InChI=1S/C25H26N4O3/c30-22(13-17-14-26-20-7-3-1-5-18(17)20)29-11-9-24(10-12-29)15-25(16-32-24)27-21-8-4-2-6-19(21)23(31)28-25/h1-8,14,26-27H,9-13,15-16H2,(H,28,31)/t25-/m0/s1. The van der Waals surface area contributed by atoms with E-state index in [1.807, 2.05) is 53.6 Å². The van der Waals surface area contributed by atoms with Gasteiger partial charge in [-0.2, -0.15) is 0 Å². The molecule has 3 N–H and O–H groups in total. The quantitative estimate of drug-likeness (QED) is 0.583. The minimum absolute atomic E-state index is 0.0636. The Hall–Kier alpha value is -3.32. The third kappa shape index (κ3) is 3.15. The first-order chi connectivity index (χ1) is 15.5. The zero-order valence-electron chi connectivity index (χ0n) is 17.8. The first kappa shape index (κ1) is 19.4. The molecular weight excluding hydrogens is 404 g/mol. The molecule has 3 aliphatic heterocycles. The summed E-state index contributed by atoms with van der Waals surface area (Å²) >= 11 is 0. The second kappa shape index (κ2) is 7.10. The van der Waals surface area contributed by atoms with E-state index in [2.05, 4.69) is 21.7 Å². The van der Waals surface area contributed by atoms with Crippen molar-refractivity contribution in [3.8, 4) is 0 Å². The zero-order chi connectivity index (χ0) is 21.8. The predicted octanol–water partition coefficient (Wildman–Crippen LogP) is 3.04. The fraction of sp³-hybridized carbons (Fsp3) is 0.360. The van der Waals surface area contributed by atoms with Crippen molar-refractivity contribution in [2.24, 2.45) is 0 Å². The number of H-pyrrole nitrogens is 1. The van der Waals surface area contributed by atoms with Crippen molar-refractivity contribution in [3.05, 3.63) is 65.9 Å². The number of amides is 2. The molecule has 1 atom stereocenters. The SMILES string of the molecule is O=C1N[C@@]2(COC3(CCN(C(=O)Cc4c[nH]c5ccccc45)CC3)C2)Nc2ccccc21. The number of carbonyl (C=O) groups excluding carboxylic acids is 2. The molecule has 7 nitrogen and oxygen atoms in total. The van der Waals surface area contributed by atoms with Crippen molar-refractivity contribution < 1.29 is 14.3 Å². The normalized spacial score (nSPS) is 23.9. The predicted molar refractivity (Wildman–Crippen MR) is 121 cm³/mol. The number of piperidine rings is 1. The van der Waals surface area contributed by atoms with Gasteiger partial charge in [0, 0.05) is 42.3 Å². The Kier molecular flexibility index (Phi) is 4.30. The highest BCUT2D eigenvalue weighted by atomic mass is 16.5. The van der Waals surface area contributed by atoms with Crippen LogP contribution in [0.5, 0.6) is 0 Å². The van der Waals surface area contributed by atoms with Gasteiger partial charge in [0.2, 0.25) is 5.91 Å². The van der Waals surface area contributed by atoms with Gasteiger partial charge in [0.25, 0.3) is 5.91 Å². The second-order valence-electron chi connectivity index (χ2n) is 9.27. The van der Waals surface area contributed by atoms with Crippen LogP contribution in [0.15, 0.2) is 54.7 Å². The van der Waals surface area contributed by atoms with Crippen molar-refractivity contribution in [3.63, 3.8) is 0 Å². The molecule has 4 heterocycles. The maximum atomic E-state index is 13.0. The Morgan fingerprint density at radius 1 is 1.03 bits per heavy atom. The van der Waals surface area contributed by atoms with Gasteiger partial charge < -0.3 is 25.3 Å². The number of para-hydroxylation sites is 2. The molecule has 3 aliphatic rings. The number of anilines is 1. The van der Waals surface area contributed by atoms with Crippen molar-refractivity contribution in [1.82, 2.24) is 15.2 Å². The van der Waals surface area contributed by atoms with Gasteiger partial charge in [0.1, 0.15) is 5.66 Å². The molecule has 6 rings (SSSR count). The summed E-state index contributed by atoms with van der Waals surface area (Å²) in [6, 6.07) is 15.6. The first-order valence-corrected chi connectivity index (χ1v) is 11.2. The summed E-state index contributed by atoms with van der Waals surface area (Å²) in [6.07, 6.45) is 4.58. The molecule has 2 saturated heterocycles. The number of fused-ring (bicyclic) bond motifs is 2. The molecule has 1 aromatic heterocycles. The second-order valence-corrected chi connectivity index (χ2v) is 9.27. The van der Waals surface area contributed by atoms with E-state index >= 15 is 0 Å². The van der Waals surface area contributed by atoms with Gasteiger partial charge >= 0.3 is 0 Å². The molecule has 164 valence electrons. The highest BCUT2D eigenvalue weighted by Gasteiger charge is 2.53. The average molecular weight is 431 g/mol. The number of hydrogen-bond acceptors (Lipinski definition) is 4. The highest BCUT2D eigenvalue weighted by molar-refractivity contribution is 6.02. The number of nitrogens with zero attached hydrogens (tertiary/aromatic N) is 1. The maximum Gasteiger partial charge on any atom is 0.255 e. The third-order valence-electron chi connectivity index (χ3n) is 7.19. The minimum atomic E-state index is -0.582. The van der Waals surface area contributed by atoms with E-state index in [1.165, 1.54) is 0 Å². The van der Waals surface area contributed by atoms with Gasteiger partial charge in [-0.05, 0) is 36.6 Å². The molecule has 2 amide bonds. The Morgan fingerprint density at radius 2 is 1.81 bits per heavy atom. The summed E-state index contributed by atoms with van der Waals surface area (Å²) in [5.74, 6) is 0.0849. The molecule has 2 spiro atoms. The van der Waals surface area contributed by atoms with E-state index in [-0.39, 0.29) is 17.4 Å². The monoisotopic (exact) mass is 430 g/mol. The zero-order valence-corrected chi connectivity index (χ0v) is 17.8. The van der Waals surface area contributed by atoms with Gasteiger partial charge in [0.05, 0.1) is 24.2 Å². The molecule has 7 heteroatoms. The number of likely N-dealkylation sites (tertiary alicyclic amines) is 1. The van der Waals surface area contributed by atoms with Crippen LogP contribution in [0.1, 0.15) is 35.2 Å². The molecule has 0 aliphatic carbocycles. The van der Waals surface area contributed by atoms with Gasteiger partial charge in [-0.3, -0.25) is 9.59 Å². The number of benzene rings is 2. The highest BCUT2D eigenvalue weighted by Crippen LogP contribution is 2.43. The van der Waals surface area contributed by atoms with Gasteiger partial charge in [-0.15, -0.1) is 0 Å². The third-order valence-corrected chi connectivity index (χ3v) is 7.19. The van der Waals surface area contributed by atoms with Crippen LogP contribution in [0.3, 0.4) is 0 Å². The lowest BCUT2D eigenvalue weighted by Crippen LogP contribution is -2.59. The van der Waals surface area contributed by atoms with Crippen LogP contribution in [-0.4, -0.2) is 52.7 Å². The van der Waals surface area contributed by atoms with Crippen molar-refractivity contribution in [1.29, 1.82) is 0 Å². The van der Waals surface area contributed by atoms with Crippen molar-refractivity contribution >= 4 is 28.4 Å². The van der Waals surface area contributed by atoms with E-state index in [9.17, 15) is 9.59 Å². The van der Waals surface area contributed by atoms with E-state index < -0.39 is 5.66 Å². The summed E-state index contributed by atoms with van der Waals surface area (Å²) in [5, 5.41) is 7.76. The molecule has 0 unspecified atom stereocenters. The number of rotatable bonds is 2. The molecular formula is C25H26N4O3. The summed E-state index contributed by atoms with van der Waals surface area (Å²) in [5.41, 5.74) is 2.71. The van der Waals surface area contributed by atoms with Crippen LogP contribution >= 0.6 is 0 Å². The topological polar surface area (TPSA) is 86.5 Å². The van der Waals surface area contributed by atoms with E-state index in [1.54, 1.807) is 0 Å². The largest absolute Gasteiger partial charge is 0.370 e. The van der Waals surface area contributed by atoms with Crippen LogP contribution in [0, 0.1) is 0 Å². The number of ether oxygens (including phenoxy) is 1. The Labute approximate surface area is 186 Å². The number of hydrogen-bond donors (Lipinski definition) is 3. The van der Waals surface area contributed by atoms with Gasteiger partial charge in [-0.25, -0.2) is 0 Å². The number of aromatic nitrogens is 1. The lowest BCUT2D eigenvalue weighted by Gasteiger charge is -2.41. The van der Waals surface area contributed by atoms with Crippen LogP contribution in [0.2, 0.25) is 0 Å². The Morgan fingerprint density at radius 3 is 2.69 bits per heavy atom. The molecule has 32 heavy (non-hydrogen) atoms. The Balaban J connectivity index is 1.12. The average Bonchev–Trinajstić information content (AvgIpc) is 3.36. The van der Waals surface area contributed by atoms with E-state index in [0.717, 1.165) is 35.0 Å². The van der Waals surface area contributed by atoms with Crippen LogP contribution < -0.4 is 10.6 Å². The van der Waals surface area contributed by atoms with Gasteiger partial charge in [-0.1, -0.05) is 30.3 Å². The first-order valence-electron chi connectivity index (χ1n) is 11.2. The number of aromatic amines is 1. The fourth-order valence-corrected chi connectivity index (χ4v) is 5.49. The van der Waals surface area contributed by atoms with E-state index in [0.29, 0.717) is 38.1 Å². The number of nitrogens with one attached hydrogen (secondary N) is 3. The lowest BCUT2D eigenvalue weighted by molar-refractivity contribution is -0.135. The summed E-state index contributed by atoms with van der Waals surface area (Å²) in [4.78, 5) is 30.8. The molecule has 0 bridgehead atoms. The van der Waals surface area contributed by atoms with Gasteiger partial charge in [0.15, 0.2) is 0 Å². The minimum Gasteiger partial charge on any atom is -0.370 e. The lowest BCUT2D eigenvalue weighted by atomic mass is 9.84. The molecule has 0 saturated carbocycles. The van der Waals surface area contributed by atoms with Crippen molar-refractivity contribution in [2.75, 3.05) is 25.0 Å². The Bertz CT molecular complexity index is 1210. The van der Waals surface area contributed by atoms with Crippen LogP contribution in [0.4, 0.5) is 5.69 Å². The molecule has 3 aromatic rings. The molecule has 0 radical (unpaired) electrons. The summed E-state index contributed by atoms with van der Waals surface area (Å²) in [6.45, 7) is 1.76. The van der Waals surface area contributed by atoms with Crippen molar-refractivity contribution in [2.45, 2.75) is 36.9 Å². The fourth-order valence-electron chi connectivity index (χ4n) is 5.49. The van der Waals surface area contributed by atoms with E-state index in [4.69, 9.17) is 4.74 Å². The molecule has 2 aromatic carbocycles. The number of carbonyl (C=O) groups is 2. The van der Waals surface area contributed by atoms with Crippen LogP contribution in [-0.2, 0) is 16.0 Å². The maximum absolute atomic E-state index is 13.0. The molecule has 2 fully saturated rings. The van der Waals surface area contributed by atoms with Crippen LogP contribution in [0.25, 0.3) is 10.9 Å². The smallest absolute Gasteiger partial charge is 0.255 e. The summed E-state index contributed by atoms with van der Waals surface area (Å²) in [7, 11) is 0. The summed E-state index contributed by atoms with van der Waals surface area (Å²) < 4.78 is 6.31.